The Kier molecular flexibility index (Phi) is 4.37. The van der Waals surface area contributed by atoms with E-state index in [1.807, 2.05) is 6.08 Å². The zero-order valence-electron chi connectivity index (χ0n) is 8.11. The number of hydrogen-bond donors (Lipinski definition) is 2. The third-order valence-corrected chi connectivity index (χ3v) is 2.13. The van der Waals surface area contributed by atoms with Crippen molar-refractivity contribution in [3.8, 4) is 0 Å². The SMILES string of the molecule is NC(=O)c1ccc(F)cc1C=CCCS. The van der Waals surface area contributed by atoms with Crippen molar-refractivity contribution in [2.45, 2.75) is 6.42 Å². The molecule has 0 saturated heterocycles. The molecule has 0 aliphatic carbocycles. The first-order chi connectivity index (χ1) is 7.15. The molecule has 4 heteroatoms. The molecular formula is C11H12FNOS. The van der Waals surface area contributed by atoms with Crippen LogP contribution >= 0.6 is 12.6 Å². The van der Waals surface area contributed by atoms with Crippen LogP contribution in [-0.2, 0) is 0 Å². The predicted molar refractivity (Wildman–Crippen MR) is 62.4 cm³/mol. The molecule has 1 rings (SSSR count). The summed E-state index contributed by atoms with van der Waals surface area (Å²) in [6.45, 7) is 0. The first-order valence-electron chi connectivity index (χ1n) is 4.52. The third kappa shape index (κ3) is 3.40. The number of rotatable bonds is 4. The Morgan fingerprint density at radius 1 is 1.53 bits per heavy atom. The Hall–Kier alpha value is -1.29. The molecule has 15 heavy (non-hydrogen) atoms. The Balaban J connectivity index is 3.02. The third-order valence-electron chi connectivity index (χ3n) is 1.87. The summed E-state index contributed by atoms with van der Waals surface area (Å²) in [5.41, 5.74) is 5.99. The molecule has 2 N–H and O–H groups in total. The Bertz CT molecular complexity index is 390. The van der Waals surface area contributed by atoms with Crippen LogP contribution in [0, 0.1) is 5.82 Å². The van der Waals surface area contributed by atoms with Crippen molar-refractivity contribution in [2.75, 3.05) is 5.75 Å². The summed E-state index contributed by atoms with van der Waals surface area (Å²) in [6.07, 6.45) is 4.27. The lowest BCUT2D eigenvalue weighted by atomic mass is 10.1. The molecule has 1 aromatic rings. The summed E-state index contributed by atoms with van der Waals surface area (Å²) in [7, 11) is 0. The van der Waals surface area contributed by atoms with Gasteiger partial charge in [0.15, 0.2) is 0 Å². The fourth-order valence-electron chi connectivity index (χ4n) is 1.18. The van der Waals surface area contributed by atoms with E-state index in [-0.39, 0.29) is 5.82 Å². The lowest BCUT2D eigenvalue weighted by molar-refractivity contribution is 0.1000. The topological polar surface area (TPSA) is 43.1 Å². The molecule has 0 radical (unpaired) electrons. The number of carbonyl (C=O) groups is 1. The quantitative estimate of drug-likeness (QED) is 0.758. The zero-order chi connectivity index (χ0) is 11.3. The molecule has 2 nitrogen and oxygen atoms in total. The van der Waals surface area contributed by atoms with Gasteiger partial charge in [-0.25, -0.2) is 4.39 Å². The van der Waals surface area contributed by atoms with Crippen molar-refractivity contribution in [3.63, 3.8) is 0 Å². The van der Waals surface area contributed by atoms with Gasteiger partial charge < -0.3 is 5.73 Å². The van der Waals surface area contributed by atoms with Gasteiger partial charge >= 0.3 is 0 Å². The average molecular weight is 225 g/mol. The fourth-order valence-corrected chi connectivity index (χ4v) is 1.33. The monoisotopic (exact) mass is 225 g/mol. The van der Waals surface area contributed by atoms with Gasteiger partial charge in [0.1, 0.15) is 5.82 Å². The van der Waals surface area contributed by atoms with Crippen molar-refractivity contribution in [1.82, 2.24) is 0 Å². The van der Waals surface area contributed by atoms with Crippen molar-refractivity contribution in [3.05, 3.63) is 41.2 Å². The summed E-state index contributed by atoms with van der Waals surface area (Å²) in [4.78, 5) is 11.0. The molecule has 0 heterocycles. The number of halogens is 1. The van der Waals surface area contributed by atoms with Gasteiger partial charge in [-0.3, -0.25) is 4.79 Å². The number of primary amides is 1. The highest BCUT2D eigenvalue weighted by Crippen LogP contribution is 2.13. The highest BCUT2D eigenvalue weighted by molar-refractivity contribution is 7.80. The van der Waals surface area contributed by atoms with Gasteiger partial charge in [-0.15, -0.1) is 0 Å². The number of amides is 1. The van der Waals surface area contributed by atoms with Crippen LogP contribution in [0.4, 0.5) is 4.39 Å². The Morgan fingerprint density at radius 3 is 2.87 bits per heavy atom. The molecule has 0 atom stereocenters. The molecular weight excluding hydrogens is 213 g/mol. The van der Waals surface area contributed by atoms with Crippen molar-refractivity contribution in [2.24, 2.45) is 5.73 Å². The average Bonchev–Trinajstić information content (AvgIpc) is 2.18. The van der Waals surface area contributed by atoms with Crippen molar-refractivity contribution >= 4 is 24.6 Å². The molecule has 0 bridgehead atoms. The molecule has 0 saturated carbocycles. The van der Waals surface area contributed by atoms with E-state index in [1.54, 1.807) is 6.08 Å². The van der Waals surface area contributed by atoms with Gasteiger partial charge in [-0.1, -0.05) is 12.2 Å². The summed E-state index contributed by atoms with van der Waals surface area (Å²) in [6, 6.07) is 3.89. The number of carbonyl (C=O) groups excluding carboxylic acids is 1. The van der Waals surface area contributed by atoms with E-state index in [1.165, 1.54) is 18.2 Å². The van der Waals surface area contributed by atoms with Gasteiger partial charge in [-0.05, 0) is 35.9 Å². The second-order valence-corrected chi connectivity index (χ2v) is 3.46. The van der Waals surface area contributed by atoms with Crippen LogP contribution in [0.25, 0.3) is 6.08 Å². The van der Waals surface area contributed by atoms with Gasteiger partial charge in [0.25, 0.3) is 0 Å². The highest BCUT2D eigenvalue weighted by atomic mass is 32.1. The minimum atomic E-state index is -0.555. The number of benzene rings is 1. The van der Waals surface area contributed by atoms with Crippen LogP contribution in [0.2, 0.25) is 0 Å². The maximum Gasteiger partial charge on any atom is 0.249 e. The molecule has 80 valence electrons. The minimum Gasteiger partial charge on any atom is -0.366 e. The minimum absolute atomic E-state index is 0.326. The van der Waals surface area contributed by atoms with E-state index in [0.717, 1.165) is 6.42 Å². The molecule has 0 aliphatic rings. The summed E-state index contributed by atoms with van der Waals surface area (Å²) in [5, 5.41) is 0. The van der Waals surface area contributed by atoms with Crippen LogP contribution in [0.5, 0.6) is 0 Å². The van der Waals surface area contributed by atoms with E-state index in [2.05, 4.69) is 12.6 Å². The van der Waals surface area contributed by atoms with E-state index < -0.39 is 5.91 Å². The summed E-state index contributed by atoms with van der Waals surface area (Å²) < 4.78 is 12.9. The number of thiol groups is 1. The lowest BCUT2D eigenvalue weighted by Gasteiger charge is -2.01. The van der Waals surface area contributed by atoms with Crippen LogP contribution < -0.4 is 5.73 Å². The molecule has 0 spiro atoms. The first-order valence-corrected chi connectivity index (χ1v) is 5.15. The smallest absolute Gasteiger partial charge is 0.249 e. The van der Waals surface area contributed by atoms with E-state index in [0.29, 0.717) is 16.9 Å². The molecule has 1 aromatic carbocycles. The fraction of sp³-hybridized carbons (Fsp3) is 0.182. The van der Waals surface area contributed by atoms with Crippen LogP contribution in [-0.4, -0.2) is 11.7 Å². The van der Waals surface area contributed by atoms with Gasteiger partial charge in [0.2, 0.25) is 5.91 Å². The maximum atomic E-state index is 12.9. The van der Waals surface area contributed by atoms with Gasteiger partial charge in [0.05, 0.1) is 0 Å². The van der Waals surface area contributed by atoms with Gasteiger partial charge in [-0.2, -0.15) is 12.6 Å². The van der Waals surface area contributed by atoms with Crippen LogP contribution in [0.15, 0.2) is 24.3 Å². The van der Waals surface area contributed by atoms with Crippen molar-refractivity contribution in [1.29, 1.82) is 0 Å². The largest absolute Gasteiger partial charge is 0.366 e. The molecule has 0 fully saturated rings. The van der Waals surface area contributed by atoms with Crippen LogP contribution in [0.3, 0.4) is 0 Å². The zero-order valence-corrected chi connectivity index (χ0v) is 9.01. The Morgan fingerprint density at radius 2 is 2.27 bits per heavy atom. The number of hydrogen-bond acceptors (Lipinski definition) is 2. The second kappa shape index (κ2) is 5.56. The Labute approximate surface area is 93.4 Å². The molecule has 0 aromatic heterocycles. The number of allylic oxidation sites excluding steroid dienone is 1. The number of nitrogens with two attached hydrogens (primary N) is 1. The second-order valence-electron chi connectivity index (χ2n) is 3.01. The summed E-state index contributed by atoms with van der Waals surface area (Å²) in [5.74, 6) is -0.233. The van der Waals surface area contributed by atoms with E-state index >= 15 is 0 Å². The standard InChI is InChI=1S/C11H12FNOS/c12-9-4-5-10(11(13)14)8(7-9)3-1-2-6-15/h1,3-5,7,15H,2,6H2,(H2,13,14). The summed E-state index contributed by atoms with van der Waals surface area (Å²) >= 11 is 4.04. The molecule has 1 amide bonds. The van der Waals surface area contributed by atoms with Gasteiger partial charge in [0, 0.05) is 5.56 Å². The van der Waals surface area contributed by atoms with E-state index in [4.69, 9.17) is 5.73 Å². The first kappa shape index (κ1) is 11.8. The van der Waals surface area contributed by atoms with Crippen molar-refractivity contribution < 1.29 is 9.18 Å². The lowest BCUT2D eigenvalue weighted by Crippen LogP contribution is -2.12. The normalized spacial score (nSPS) is 10.8. The maximum absolute atomic E-state index is 12.9. The molecule has 0 aliphatic heterocycles. The highest BCUT2D eigenvalue weighted by Gasteiger charge is 2.06. The predicted octanol–water partition coefficient (Wildman–Crippen LogP) is 2.26. The molecule has 0 unspecified atom stereocenters. The van der Waals surface area contributed by atoms with E-state index in [9.17, 15) is 9.18 Å². The van der Waals surface area contributed by atoms with Crippen LogP contribution in [0.1, 0.15) is 22.3 Å².